The van der Waals surface area contributed by atoms with Gasteiger partial charge in [0, 0.05) is 24.2 Å². The molecule has 0 fully saturated rings. The van der Waals surface area contributed by atoms with Gasteiger partial charge in [0.15, 0.2) is 16.3 Å². The molecule has 1 aromatic heterocycles. The Labute approximate surface area is 176 Å². The van der Waals surface area contributed by atoms with Gasteiger partial charge >= 0.3 is 5.97 Å². The Hall–Kier alpha value is -3.33. The second-order valence-electron chi connectivity index (χ2n) is 6.41. The third-order valence-corrected chi connectivity index (χ3v) is 5.60. The van der Waals surface area contributed by atoms with Gasteiger partial charge < -0.3 is 23.5 Å². The minimum absolute atomic E-state index is 0.165. The topological polar surface area (TPSA) is 88.4 Å². The van der Waals surface area contributed by atoms with E-state index in [0.717, 1.165) is 10.2 Å². The Morgan fingerprint density at radius 3 is 2.60 bits per heavy atom. The number of nitrogens with zero attached hydrogens (tertiary/aromatic N) is 2. The van der Waals surface area contributed by atoms with Crippen LogP contribution in [0.3, 0.4) is 0 Å². The number of carbonyl (C=O) groups excluding carboxylic acids is 2. The molecule has 3 aromatic rings. The summed E-state index contributed by atoms with van der Waals surface area (Å²) in [6, 6.07) is 10.5. The maximum atomic E-state index is 12.7. The second kappa shape index (κ2) is 8.58. The number of aromatic nitrogens is 1. The number of methoxy groups -OCH3 is 1. The number of ether oxygens (including phenoxy) is 4. The Balaban J connectivity index is 1.74. The fourth-order valence-electron chi connectivity index (χ4n) is 3.08. The van der Waals surface area contributed by atoms with Gasteiger partial charge in [-0.15, -0.1) is 0 Å². The summed E-state index contributed by atoms with van der Waals surface area (Å²) in [6.07, 6.45) is 0.165. The smallest absolute Gasteiger partial charge is 0.307 e. The molecule has 1 aliphatic rings. The van der Waals surface area contributed by atoms with E-state index < -0.39 is 0 Å². The molecule has 0 unspecified atom stereocenters. The van der Waals surface area contributed by atoms with Gasteiger partial charge in [0.1, 0.15) is 5.75 Å². The highest BCUT2D eigenvalue weighted by Gasteiger charge is 2.18. The van der Waals surface area contributed by atoms with Gasteiger partial charge in [0.2, 0.25) is 6.79 Å². The monoisotopic (exact) mass is 428 g/mol. The molecule has 30 heavy (non-hydrogen) atoms. The van der Waals surface area contributed by atoms with Crippen molar-refractivity contribution in [2.75, 3.05) is 20.5 Å². The Morgan fingerprint density at radius 1 is 1.17 bits per heavy atom. The SMILES string of the molecule is CCOC(=O)CCn1c(=NC(=O)c2ccc(OC)cc2)sc2cc3c(cc21)OCO3. The summed E-state index contributed by atoms with van der Waals surface area (Å²) in [5.74, 6) is 1.24. The Kier molecular flexibility index (Phi) is 5.71. The first-order valence-electron chi connectivity index (χ1n) is 9.40. The van der Waals surface area contributed by atoms with Crippen molar-refractivity contribution in [1.82, 2.24) is 4.57 Å². The lowest BCUT2D eigenvalue weighted by Crippen LogP contribution is -2.19. The van der Waals surface area contributed by atoms with Crippen LogP contribution in [0.2, 0.25) is 0 Å². The molecule has 0 bridgehead atoms. The summed E-state index contributed by atoms with van der Waals surface area (Å²) in [5.41, 5.74) is 1.26. The molecule has 0 atom stereocenters. The van der Waals surface area contributed by atoms with Gasteiger partial charge in [-0.05, 0) is 31.2 Å². The summed E-state index contributed by atoms with van der Waals surface area (Å²) in [6.45, 7) is 2.58. The van der Waals surface area contributed by atoms with E-state index in [1.54, 1.807) is 38.3 Å². The van der Waals surface area contributed by atoms with Crippen molar-refractivity contribution in [3.8, 4) is 17.2 Å². The van der Waals surface area contributed by atoms with Crippen LogP contribution in [-0.2, 0) is 16.1 Å². The van der Waals surface area contributed by atoms with Crippen LogP contribution in [0.25, 0.3) is 10.2 Å². The summed E-state index contributed by atoms with van der Waals surface area (Å²) in [5, 5.41) is 0. The summed E-state index contributed by atoms with van der Waals surface area (Å²) >= 11 is 1.35. The van der Waals surface area contributed by atoms with Crippen molar-refractivity contribution in [2.45, 2.75) is 19.9 Å². The standard InChI is InChI=1S/C21H20N2O6S/c1-3-27-19(24)8-9-23-15-10-16-17(29-12-28-16)11-18(15)30-21(23)22-20(25)13-4-6-14(26-2)7-5-13/h4-7,10-11H,3,8-9,12H2,1-2H3. The minimum Gasteiger partial charge on any atom is -0.497 e. The summed E-state index contributed by atoms with van der Waals surface area (Å²) in [4.78, 5) is 29.4. The lowest BCUT2D eigenvalue weighted by atomic mass is 10.2. The molecule has 0 radical (unpaired) electrons. The van der Waals surface area contributed by atoms with E-state index in [-0.39, 0.29) is 25.1 Å². The van der Waals surface area contributed by atoms with E-state index in [1.807, 2.05) is 16.7 Å². The summed E-state index contributed by atoms with van der Waals surface area (Å²) < 4.78 is 23.8. The molecule has 1 aliphatic heterocycles. The Morgan fingerprint density at radius 2 is 1.90 bits per heavy atom. The van der Waals surface area contributed by atoms with Gasteiger partial charge in [0.05, 0.1) is 30.4 Å². The van der Waals surface area contributed by atoms with E-state index in [2.05, 4.69) is 4.99 Å². The van der Waals surface area contributed by atoms with Gasteiger partial charge in [-0.2, -0.15) is 4.99 Å². The van der Waals surface area contributed by atoms with E-state index in [0.29, 0.717) is 40.8 Å². The predicted octanol–water partition coefficient (Wildman–Crippen LogP) is 3.13. The normalized spacial score (nSPS) is 12.9. The van der Waals surface area contributed by atoms with Crippen molar-refractivity contribution in [1.29, 1.82) is 0 Å². The first kappa shape index (κ1) is 20.0. The molecule has 8 nitrogen and oxygen atoms in total. The molecule has 2 heterocycles. The van der Waals surface area contributed by atoms with Crippen LogP contribution in [0.15, 0.2) is 41.4 Å². The minimum atomic E-state index is -0.380. The van der Waals surface area contributed by atoms with Crippen LogP contribution < -0.4 is 19.0 Å². The number of aryl methyl sites for hydroxylation is 1. The zero-order valence-corrected chi connectivity index (χ0v) is 17.4. The highest BCUT2D eigenvalue weighted by Crippen LogP contribution is 2.37. The number of hydrogen-bond acceptors (Lipinski definition) is 7. The van der Waals surface area contributed by atoms with Crippen LogP contribution in [-0.4, -0.2) is 37.0 Å². The number of hydrogen-bond donors (Lipinski definition) is 0. The second-order valence-corrected chi connectivity index (χ2v) is 7.42. The van der Waals surface area contributed by atoms with Gasteiger partial charge in [-0.1, -0.05) is 11.3 Å². The number of thiazole rings is 1. The first-order valence-corrected chi connectivity index (χ1v) is 10.2. The zero-order chi connectivity index (χ0) is 21.1. The quantitative estimate of drug-likeness (QED) is 0.561. The highest BCUT2D eigenvalue weighted by atomic mass is 32.1. The molecule has 9 heteroatoms. The highest BCUT2D eigenvalue weighted by molar-refractivity contribution is 7.16. The third-order valence-electron chi connectivity index (χ3n) is 4.56. The number of carbonyl (C=O) groups is 2. The maximum Gasteiger partial charge on any atom is 0.307 e. The predicted molar refractivity (Wildman–Crippen MR) is 110 cm³/mol. The van der Waals surface area contributed by atoms with Crippen LogP contribution in [0.5, 0.6) is 17.2 Å². The van der Waals surface area contributed by atoms with Crippen LogP contribution in [0.4, 0.5) is 0 Å². The van der Waals surface area contributed by atoms with Gasteiger partial charge in [0.25, 0.3) is 5.91 Å². The van der Waals surface area contributed by atoms with Crippen LogP contribution in [0.1, 0.15) is 23.7 Å². The van der Waals surface area contributed by atoms with Crippen molar-refractivity contribution < 1.29 is 28.5 Å². The molecule has 156 valence electrons. The molecular formula is C21H20N2O6S. The molecular weight excluding hydrogens is 408 g/mol. The Bertz CT molecular complexity index is 1160. The average Bonchev–Trinajstić information content (AvgIpc) is 3.34. The first-order chi connectivity index (χ1) is 14.6. The van der Waals surface area contributed by atoms with E-state index in [1.165, 1.54) is 11.3 Å². The zero-order valence-electron chi connectivity index (χ0n) is 16.5. The number of amides is 1. The molecule has 0 spiro atoms. The maximum absolute atomic E-state index is 12.7. The van der Waals surface area contributed by atoms with E-state index in [9.17, 15) is 9.59 Å². The molecule has 1 amide bonds. The number of esters is 1. The van der Waals surface area contributed by atoms with Gasteiger partial charge in [-0.25, -0.2) is 0 Å². The number of rotatable bonds is 6. The lowest BCUT2D eigenvalue weighted by molar-refractivity contribution is -0.143. The van der Waals surface area contributed by atoms with Crippen molar-refractivity contribution >= 4 is 33.4 Å². The van der Waals surface area contributed by atoms with Crippen molar-refractivity contribution in [2.24, 2.45) is 4.99 Å². The van der Waals surface area contributed by atoms with Crippen molar-refractivity contribution in [3.05, 3.63) is 46.8 Å². The summed E-state index contributed by atoms with van der Waals surface area (Å²) in [7, 11) is 1.57. The molecule has 0 N–H and O–H groups in total. The molecule has 0 saturated carbocycles. The fraction of sp³-hybridized carbons (Fsp3) is 0.286. The largest absolute Gasteiger partial charge is 0.497 e. The van der Waals surface area contributed by atoms with Crippen LogP contribution in [0, 0.1) is 0 Å². The molecule has 4 rings (SSSR count). The van der Waals surface area contributed by atoms with Crippen LogP contribution >= 0.6 is 11.3 Å². The van der Waals surface area contributed by atoms with Gasteiger partial charge in [-0.3, -0.25) is 9.59 Å². The number of benzene rings is 2. The van der Waals surface area contributed by atoms with Crippen molar-refractivity contribution in [3.63, 3.8) is 0 Å². The molecule has 2 aromatic carbocycles. The molecule has 0 saturated heterocycles. The average molecular weight is 428 g/mol. The van der Waals surface area contributed by atoms with E-state index >= 15 is 0 Å². The lowest BCUT2D eigenvalue weighted by Gasteiger charge is -2.06. The fourth-order valence-corrected chi connectivity index (χ4v) is 4.15. The van der Waals surface area contributed by atoms with E-state index in [4.69, 9.17) is 18.9 Å². The number of fused-ring (bicyclic) bond motifs is 2. The molecule has 0 aliphatic carbocycles. The third kappa shape index (κ3) is 4.02.